The van der Waals surface area contributed by atoms with Gasteiger partial charge in [-0.3, -0.25) is 4.79 Å². The summed E-state index contributed by atoms with van der Waals surface area (Å²) >= 11 is 0. The molecule has 0 aliphatic heterocycles. The van der Waals surface area contributed by atoms with Gasteiger partial charge in [-0.1, -0.05) is 58.4 Å². The van der Waals surface area contributed by atoms with E-state index in [4.69, 9.17) is 0 Å². The zero-order valence-corrected chi connectivity index (χ0v) is 11.1. The van der Waals surface area contributed by atoms with E-state index < -0.39 is 0 Å². The maximum atomic E-state index is 10.8. The van der Waals surface area contributed by atoms with Gasteiger partial charge < -0.3 is 0 Å². The molecule has 0 saturated heterocycles. The van der Waals surface area contributed by atoms with Gasteiger partial charge in [0.25, 0.3) is 0 Å². The lowest BCUT2D eigenvalue weighted by atomic mass is 10.0. The molecule has 0 saturated carbocycles. The first kappa shape index (κ1) is 15.4. The SMILES string of the molecule is CCCCCCC=C(C=O)CCCCCC. The zero-order valence-electron chi connectivity index (χ0n) is 11.1. The Balaban J connectivity index is 3.54. The van der Waals surface area contributed by atoms with E-state index >= 15 is 0 Å². The van der Waals surface area contributed by atoms with Crippen LogP contribution in [-0.4, -0.2) is 6.29 Å². The molecule has 0 unspecified atom stereocenters. The first-order valence-corrected chi connectivity index (χ1v) is 6.99. The minimum absolute atomic E-state index is 0.983. The molecule has 0 aliphatic carbocycles. The van der Waals surface area contributed by atoms with Gasteiger partial charge in [0.1, 0.15) is 6.29 Å². The van der Waals surface area contributed by atoms with Crippen molar-refractivity contribution in [2.45, 2.75) is 78.1 Å². The van der Waals surface area contributed by atoms with Gasteiger partial charge in [-0.25, -0.2) is 0 Å². The molecule has 0 fully saturated rings. The molecule has 0 aromatic rings. The van der Waals surface area contributed by atoms with Gasteiger partial charge in [0.2, 0.25) is 0 Å². The molecule has 0 amide bonds. The van der Waals surface area contributed by atoms with Crippen molar-refractivity contribution < 1.29 is 4.79 Å². The molecular formula is C15H28O. The summed E-state index contributed by atoms with van der Waals surface area (Å²) in [5.74, 6) is 0. The van der Waals surface area contributed by atoms with Crippen LogP contribution < -0.4 is 0 Å². The van der Waals surface area contributed by atoms with Gasteiger partial charge in [-0.2, -0.15) is 0 Å². The van der Waals surface area contributed by atoms with Crippen LogP contribution in [0, 0.1) is 0 Å². The predicted octanol–water partition coefficient (Wildman–Crippen LogP) is 5.05. The summed E-state index contributed by atoms with van der Waals surface area (Å²) in [6.45, 7) is 4.44. The maximum absolute atomic E-state index is 10.8. The smallest absolute Gasteiger partial charge is 0.145 e. The lowest BCUT2D eigenvalue weighted by Gasteiger charge is -2.00. The predicted molar refractivity (Wildman–Crippen MR) is 71.7 cm³/mol. The van der Waals surface area contributed by atoms with Crippen molar-refractivity contribution in [3.05, 3.63) is 11.6 Å². The first-order valence-electron chi connectivity index (χ1n) is 6.99. The molecule has 0 rings (SSSR count). The Hall–Kier alpha value is -0.590. The van der Waals surface area contributed by atoms with Crippen LogP contribution >= 0.6 is 0 Å². The van der Waals surface area contributed by atoms with Gasteiger partial charge in [-0.05, 0) is 31.3 Å². The van der Waals surface area contributed by atoms with Crippen LogP contribution in [0.4, 0.5) is 0 Å². The molecule has 94 valence electrons. The van der Waals surface area contributed by atoms with Crippen LogP contribution in [0.1, 0.15) is 78.1 Å². The van der Waals surface area contributed by atoms with Crippen LogP contribution in [0.15, 0.2) is 11.6 Å². The van der Waals surface area contributed by atoms with Crippen molar-refractivity contribution in [2.75, 3.05) is 0 Å². The number of rotatable bonds is 11. The molecule has 0 N–H and O–H groups in total. The highest BCUT2D eigenvalue weighted by Gasteiger charge is 1.95. The molecule has 1 nitrogen and oxygen atoms in total. The largest absolute Gasteiger partial charge is 0.298 e. The summed E-state index contributed by atoms with van der Waals surface area (Å²) < 4.78 is 0. The Labute approximate surface area is 101 Å². The molecule has 1 heteroatoms. The topological polar surface area (TPSA) is 17.1 Å². The molecule has 0 atom stereocenters. The summed E-state index contributed by atoms with van der Waals surface area (Å²) in [6.07, 6.45) is 15.4. The van der Waals surface area contributed by atoms with Crippen molar-refractivity contribution in [1.82, 2.24) is 0 Å². The number of hydrogen-bond donors (Lipinski definition) is 0. The summed E-state index contributed by atoms with van der Waals surface area (Å²) in [5.41, 5.74) is 1.02. The monoisotopic (exact) mass is 224 g/mol. The summed E-state index contributed by atoms with van der Waals surface area (Å²) in [7, 11) is 0. The number of hydrogen-bond acceptors (Lipinski definition) is 1. The highest BCUT2D eigenvalue weighted by molar-refractivity contribution is 5.72. The van der Waals surface area contributed by atoms with E-state index in [1.54, 1.807) is 0 Å². The molecule has 0 heterocycles. The minimum atomic E-state index is 0.983. The third-order valence-corrected chi connectivity index (χ3v) is 2.93. The Morgan fingerprint density at radius 3 is 2.06 bits per heavy atom. The summed E-state index contributed by atoms with van der Waals surface area (Å²) in [6, 6.07) is 0. The van der Waals surface area contributed by atoms with E-state index in [0.717, 1.165) is 24.7 Å². The quantitative estimate of drug-likeness (QED) is 0.272. The van der Waals surface area contributed by atoms with Gasteiger partial charge >= 0.3 is 0 Å². The van der Waals surface area contributed by atoms with Crippen LogP contribution in [-0.2, 0) is 4.79 Å². The first-order chi connectivity index (χ1) is 7.85. The Bertz CT molecular complexity index is 182. The summed E-state index contributed by atoms with van der Waals surface area (Å²) in [5, 5.41) is 0. The van der Waals surface area contributed by atoms with E-state index in [1.165, 1.54) is 51.4 Å². The van der Waals surface area contributed by atoms with E-state index in [0.29, 0.717) is 0 Å². The number of aldehydes is 1. The second-order valence-corrected chi connectivity index (χ2v) is 4.56. The second-order valence-electron chi connectivity index (χ2n) is 4.56. The number of carbonyl (C=O) groups excluding carboxylic acids is 1. The van der Waals surface area contributed by atoms with E-state index in [1.807, 2.05) is 0 Å². The van der Waals surface area contributed by atoms with Gasteiger partial charge in [-0.15, -0.1) is 0 Å². The van der Waals surface area contributed by atoms with Crippen molar-refractivity contribution in [2.24, 2.45) is 0 Å². The molecule has 0 bridgehead atoms. The van der Waals surface area contributed by atoms with Crippen LogP contribution in [0.2, 0.25) is 0 Å². The van der Waals surface area contributed by atoms with Crippen LogP contribution in [0.25, 0.3) is 0 Å². The second kappa shape index (κ2) is 12.5. The standard InChI is InChI=1S/C15H28O/c1-3-5-7-9-11-13-15(14-16)12-10-8-6-4-2/h13-14H,3-12H2,1-2H3. The Kier molecular flexibility index (Phi) is 12.0. The van der Waals surface area contributed by atoms with Gasteiger partial charge in [0, 0.05) is 0 Å². The van der Waals surface area contributed by atoms with E-state index in [-0.39, 0.29) is 0 Å². The van der Waals surface area contributed by atoms with Gasteiger partial charge in [0.05, 0.1) is 0 Å². The zero-order chi connectivity index (χ0) is 12.1. The van der Waals surface area contributed by atoms with Crippen molar-refractivity contribution in [3.8, 4) is 0 Å². The molecule has 0 aromatic carbocycles. The third kappa shape index (κ3) is 9.95. The Morgan fingerprint density at radius 1 is 0.875 bits per heavy atom. The average Bonchev–Trinajstić information content (AvgIpc) is 2.31. The molecular weight excluding hydrogens is 196 g/mol. The lowest BCUT2D eigenvalue weighted by molar-refractivity contribution is -0.105. The number of unbranched alkanes of at least 4 members (excludes halogenated alkanes) is 7. The van der Waals surface area contributed by atoms with Crippen molar-refractivity contribution in [3.63, 3.8) is 0 Å². The fourth-order valence-electron chi connectivity index (χ4n) is 1.82. The average molecular weight is 224 g/mol. The van der Waals surface area contributed by atoms with E-state index in [9.17, 15) is 4.79 Å². The fourth-order valence-corrected chi connectivity index (χ4v) is 1.82. The van der Waals surface area contributed by atoms with Crippen molar-refractivity contribution >= 4 is 6.29 Å². The maximum Gasteiger partial charge on any atom is 0.145 e. The van der Waals surface area contributed by atoms with Crippen molar-refractivity contribution in [1.29, 1.82) is 0 Å². The molecule has 0 spiro atoms. The molecule has 0 aromatic heterocycles. The minimum Gasteiger partial charge on any atom is -0.298 e. The highest BCUT2D eigenvalue weighted by Crippen LogP contribution is 2.11. The number of carbonyl (C=O) groups is 1. The third-order valence-electron chi connectivity index (χ3n) is 2.93. The normalized spacial score (nSPS) is 11.8. The number of allylic oxidation sites excluding steroid dienone is 2. The highest BCUT2D eigenvalue weighted by atomic mass is 16.1. The Morgan fingerprint density at radius 2 is 1.50 bits per heavy atom. The van der Waals surface area contributed by atoms with E-state index in [2.05, 4.69) is 19.9 Å². The molecule has 0 aliphatic rings. The van der Waals surface area contributed by atoms with Crippen LogP contribution in [0.3, 0.4) is 0 Å². The lowest BCUT2D eigenvalue weighted by Crippen LogP contribution is -1.87. The fraction of sp³-hybridized carbons (Fsp3) is 0.800. The summed E-state index contributed by atoms with van der Waals surface area (Å²) in [4.78, 5) is 10.8. The van der Waals surface area contributed by atoms with Gasteiger partial charge in [0.15, 0.2) is 0 Å². The molecule has 0 radical (unpaired) electrons. The molecule has 16 heavy (non-hydrogen) atoms. The van der Waals surface area contributed by atoms with Crippen LogP contribution in [0.5, 0.6) is 0 Å².